The zero-order valence-corrected chi connectivity index (χ0v) is 18.6. The van der Waals surface area contributed by atoms with Crippen LogP contribution in [0.3, 0.4) is 0 Å². The maximum absolute atomic E-state index is 2.35. The Bertz CT molecular complexity index is 233. The van der Waals surface area contributed by atoms with Crippen LogP contribution in [-0.4, -0.2) is 73.0 Å². The van der Waals surface area contributed by atoms with Crippen molar-refractivity contribution in [1.29, 1.82) is 0 Å². The summed E-state index contributed by atoms with van der Waals surface area (Å²) in [7, 11) is 14.6. The Morgan fingerprint density at radius 2 is 0.864 bits per heavy atom. The first-order valence-corrected chi connectivity index (χ1v) is 10.8. The molecule has 0 radical (unpaired) electrons. The van der Waals surface area contributed by atoms with Crippen molar-refractivity contribution in [2.75, 3.05) is 42.3 Å². The highest BCUT2D eigenvalue weighted by Gasteiger charge is 2.36. The van der Waals surface area contributed by atoms with E-state index in [1.54, 1.807) is 0 Å². The molecule has 0 aromatic rings. The minimum absolute atomic E-state index is 0.0451. The molecule has 0 aliphatic carbocycles. The molecular weight excluding hydrogens is 286 g/mol. The van der Waals surface area contributed by atoms with Gasteiger partial charge in [-0.25, -0.2) is 0 Å². The van der Waals surface area contributed by atoms with E-state index in [9.17, 15) is 0 Å². The fourth-order valence-corrected chi connectivity index (χ4v) is 4.22. The molecule has 0 atom stereocenters. The summed E-state index contributed by atoms with van der Waals surface area (Å²) in [5.41, 5.74) is 0. The van der Waals surface area contributed by atoms with E-state index in [0.717, 1.165) is 0 Å². The van der Waals surface area contributed by atoms with E-state index in [1.165, 1.54) is 80.5 Å². The number of nitrogens with zero attached hydrogens (tertiary/aromatic N) is 3. The van der Waals surface area contributed by atoms with Crippen LogP contribution >= 0.6 is 0 Å². The SMILES string of the molecule is CN(C)C(CCCCCCCCCCC[SiH3])(N(C)C)N(C)C. The van der Waals surface area contributed by atoms with Crippen LogP contribution in [0.1, 0.15) is 64.2 Å². The molecule has 0 amide bonds. The highest BCUT2D eigenvalue weighted by atomic mass is 28.1. The van der Waals surface area contributed by atoms with Gasteiger partial charge in [-0.3, -0.25) is 14.7 Å². The largest absolute Gasteiger partial charge is 0.279 e. The number of hydrogen-bond acceptors (Lipinski definition) is 3. The normalized spacial score (nSPS) is 13.0. The van der Waals surface area contributed by atoms with E-state index in [0.29, 0.717) is 0 Å². The number of rotatable bonds is 14. The van der Waals surface area contributed by atoms with Gasteiger partial charge in [0.25, 0.3) is 0 Å². The van der Waals surface area contributed by atoms with Crippen molar-refractivity contribution in [1.82, 2.24) is 14.7 Å². The van der Waals surface area contributed by atoms with Crippen LogP contribution < -0.4 is 0 Å². The smallest absolute Gasteiger partial charge is 0.129 e. The van der Waals surface area contributed by atoms with Crippen molar-refractivity contribution in [2.24, 2.45) is 0 Å². The molecule has 0 aliphatic heterocycles. The molecule has 0 saturated heterocycles. The summed E-state index contributed by atoms with van der Waals surface area (Å²) in [6, 6.07) is 1.49. The average molecular weight is 330 g/mol. The molecule has 134 valence electrons. The van der Waals surface area contributed by atoms with Gasteiger partial charge < -0.3 is 0 Å². The average Bonchev–Trinajstić information content (AvgIpc) is 2.43. The maximum Gasteiger partial charge on any atom is 0.129 e. The summed E-state index contributed by atoms with van der Waals surface area (Å²) in [5.74, 6) is 0.0451. The highest BCUT2D eigenvalue weighted by molar-refractivity contribution is 6.08. The first-order chi connectivity index (χ1) is 10.4. The minimum atomic E-state index is 0.0451. The number of unbranched alkanes of at least 4 members (excludes halogenated alkanes) is 8. The quantitative estimate of drug-likeness (QED) is 0.275. The van der Waals surface area contributed by atoms with Gasteiger partial charge in [0.15, 0.2) is 0 Å². The van der Waals surface area contributed by atoms with E-state index in [2.05, 4.69) is 57.0 Å². The van der Waals surface area contributed by atoms with Crippen LogP contribution in [0.25, 0.3) is 0 Å². The lowest BCUT2D eigenvalue weighted by Crippen LogP contribution is -2.63. The second kappa shape index (κ2) is 12.5. The summed E-state index contributed by atoms with van der Waals surface area (Å²) in [6.07, 6.45) is 14.1. The maximum atomic E-state index is 2.35. The Kier molecular flexibility index (Phi) is 12.6. The third-order valence-electron chi connectivity index (χ3n) is 5.01. The van der Waals surface area contributed by atoms with Gasteiger partial charge in [-0.05, 0) is 55.1 Å². The van der Waals surface area contributed by atoms with Gasteiger partial charge in [0.05, 0.1) is 0 Å². The van der Waals surface area contributed by atoms with Gasteiger partial charge in [-0.1, -0.05) is 57.4 Å². The third kappa shape index (κ3) is 7.58. The fourth-order valence-electron chi connectivity index (χ4n) is 3.72. The van der Waals surface area contributed by atoms with E-state index in [-0.39, 0.29) is 5.79 Å². The lowest BCUT2D eigenvalue weighted by atomic mass is 10.0. The van der Waals surface area contributed by atoms with Crippen LogP contribution in [0.2, 0.25) is 6.04 Å². The zero-order chi connectivity index (χ0) is 17.0. The third-order valence-corrected chi connectivity index (χ3v) is 5.72. The standard InChI is InChI=1S/C18H43N3Si/c1-19(2)18(20(3)4,21(5)6)16-14-12-10-8-7-9-11-13-15-17-22/h7-17H2,1-6,22H3. The highest BCUT2D eigenvalue weighted by Crippen LogP contribution is 2.25. The van der Waals surface area contributed by atoms with E-state index in [1.807, 2.05) is 0 Å². The van der Waals surface area contributed by atoms with Crippen molar-refractivity contribution in [3.8, 4) is 0 Å². The molecule has 0 saturated carbocycles. The monoisotopic (exact) mass is 329 g/mol. The number of hydrogen-bond donors (Lipinski definition) is 0. The molecule has 0 aromatic heterocycles. The van der Waals surface area contributed by atoms with E-state index >= 15 is 0 Å². The first-order valence-electron chi connectivity index (χ1n) is 9.41. The van der Waals surface area contributed by atoms with Crippen molar-refractivity contribution >= 4 is 10.2 Å². The van der Waals surface area contributed by atoms with Crippen LogP contribution in [0.15, 0.2) is 0 Å². The van der Waals surface area contributed by atoms with E-state index in [4.69, 9.17) is 0 Å². The molecule has 4 heteroatoms. The van der Waals surface area contributed by atoms with Gasteiger partial charge in [-0.15, -0.1) is 0 Å². The van der Waals surface area contributed by atoms with E-state index < -0.39 is 0 Å². The molecule has 0 N–H and O–H groups in total. The van der Waals surface area contributed by atoms with Crippen molar-refractivity contribution in [2.45, 2.75) is 76.0 Å². The van der Waals surface area contributed by atoms with Crippen molar-refractivity contribution < 1.29 is 0 Å². The summed E-state index contributed by atoms with van der Waals surface area (Å²) in [6.45, 7) is 0. The van der Waals surface area contributed by atoms with Gasteiger partial charge in [0.1, 0.15) is 5.79 Å². The summed E-state index contributed by atoms with van der Waals surface area (Å²) in [4.78, 5) is 7.05. The minimum Gasteiger partial charge on any atom is -0.279 e. The molecule has 0 unspecified atom stereocenters. The van der Waals surface area contributed by atoms with Crippen molar-refractivity contribution in [3.63, 3.8) is 0 Å². The van der Waals surface area contributed by atoms with Gasteiger partial charge in [0.2, 0.25) is 0 Å². The predicted molar refractivity (Wildman–Crippen MR) is 105 cm³/mol. The molecular formula is C18H43N3Si. The Labute approximate surface area is 143 Å². The molecule has 0 heterocycles. The zero-order valence-electron chi connectivity index (χ0n) is 16.6. The lowest BCUT2D eigenvalue weighted by Gasteiger charge is -2.50. The second-order valence-electron chi connectivity index (χ2n) is 7.39. The molecule has 0 rings (SSSR count). The Balaban J connectivity index is 3.87. The van der Waals surface area contributed by atoms with Crippen LogP contribution in [0.4, 0.5) is 0 Å². The lowest BCUT2D eigenvalue weighted by molar-refractivity contribution is -0.115. The summed E-state index contributed by atoms with van der Waals surface area (Å²) >= 11 is 0. The summed E-state index contributed by atoms with van der Waals surface area (Å²) in [5, 5.41) is 0. The Hall–Kier alpha value is 0.0969. The topological polar surface area (TPSA) is 9.72 Å². The summed E-state index contributed by atoms with van der Waals surface area (Å²) < 4.78 is 0. The van der Waals surface area contributed by atoms with Crippen LogP contribution in [-0.2, 0) is 0 Å². The second-order valence-corrected chi connectivity index (χ2v) is 8.39. The van der Waals surface area contributed by atoms with Gasteiger partial charge >= 0.3 is 0 Å². The van der Waals surface area contributed by atoms with Crippen molar-refractivity contribution in [3.05, 3.63) is 0 Å². The first kappa shape index (κ1) is 22.1. The predicted octanol–water partition coefficient (Wildman–Crippen LogP) is 3.01. The van der Waals surface area contributed by atoms with Crippen LogP contribution in [0.5, 0.6) is 0 Å². The van der Waals surface area contributed by atoms with Gasteiger partial charge in [-0.2, -0.15) is 0 Å². The fraction of sp³-hybridized carbons (Fsp3) is 1.00. The molecule has 22 heavy (non-hydrogen) atoms. The molecule has 0 aromatic carbocycles. The van der Waals surface area contributed by atoms with Crippen LogP contribution in [0, 0.1) is 0 Å². The molecule has 0 bridgehead atoms. The molecule has 0 aliphatic rings. The Morgan fingerprint density at radius 1 is 0.545 bits per heavy atom. The molecule has 0 spiro atoms. The molecule has 0 fully saturated rings. The Morgan fingerprint density at radius 3 is 1.18 bits per heavy atom. The van der Waals surface area contributed by atoms with Gasteiger partial charge in [0, 0.05) is 10.2 Å². The molecule has 3 nitrogen and oxygen atoms in total.